The number of benzene rings is 2. The van der Waals surface area contributed by atoms with Crippen LogP contribution in [-0.2, 0) is 16.0 Å². The Morgan fingerprint density at radius 1 is 1.04 bits per heavy atom. The molecule has 5 heteroatoms. The summed E-state index contributed by atoms with van der Waals surface area (Å²) in [5.74, 6) is -0.916. The third-order valence-corrected chi connectivity index (χ3v) is 5.22. The molecule has 0 aliphatic carbocycles. The van der Waals surface area contributed by atoms with Crippen molar-refractivity contribution in [2.24, 2.45) is 5.92 Å². The number of aliphatic carboxylic acids is 1. The highest BCUT2D eigenvalue weighted by Gasteiger charge is 2.30. The lowest BCUT2D eigenvalue weighted by molar-refractivity contribution is -0.139. The van der Waals surface area contributed by atoms with Crippen LogP contribution in [0.4, 0.5) is 0 Å². The molecule has 1 aliphatic heterocycles. The second-order valence-corrected chi connectivity index (χ2v) is 7.42. The first kappa shape index (κ1) is 20.1. The molecular formula is C23H28N2O3. The first-order valence-electron chi connectivity index (χ1n) is 9.94. The van der Waals surface area contributed by atoms with Crippen LogP contribution in [0.5, 0.6) is 0 Å². The SMILES string of the molecule is CCCN1CCN(CC(=O)O)CC(Cc2ccc(-c3ccccc3)cc2)C1=O. The molecule has 2 aromatic rings. The van der Waals surface area contributed by atoms with Gasteiger partial charge in [0.1, 0.15) is 0 Å². The van der Waals surface area contributed by atoms with Crippen LogP contribution < -0.4 is 0 Å². The molecule has 1 amide bonds. The van der Waals surface area contributed by atoms with E-state index in [0.29, 0.717) is 26.1 Å². The zero-order chi connectivity index (χ0) is 19.9. The number of nitrogens with zero attached hydrogens (tertiary/aromatic N) is 2. The van der Waals surface area contributed by atoms with E-state index in [1.807, 2.05) is 28.0 Å². The van der Waals surface area contributed by atoms with E-state index in [2.05, 4.69) is 43.3 Å². The summed E-state index contributed by atoms with van der Waals surface area (Å²) in [5, 5.41) is 9.17. The van der Waals surface area contributed by atoms with Crippen molar-refractivity contribution < 1.29 is 14.7 Å². The number of carbonyl (C=O) groups excluding carboxylic acids is 1. The normalized spacial score (nSPS) is 18.1. The number of carboxylic acids is 1. The van der Waals surface area contributed by atoms with Crippen LogP contribution in [0, 0.1) is 5.92 Å². The van der Waals surface area contributed by atoms with Gasteiger partial charge in [0.2, 0.25) is 5.91 Å². The highest BCUT2D eigenvalue weighted by molar-refractivity contribution is 5.80. The topological polar surface area (TPSA) is 60.9 Å². The van der Waals surface area contributed by atoms with Gasteiger partial charge in [-0.2, -0.15) is 0 Å². The van der Waals surface area contributed by atoms with Gasteiger partial charge >= 0.3 is 5.97 Å². The van der Waals surface area contributed by atoms with E-state index in [4.69, 9.17) is 5.11 Å². The summed E-state index contributed by atoms with van der Waals surface area (Å²) < 4.78 is 0. The number of hydrogen-bond acceptors (Lipinski definition) is 3. The zero-order valence-electron chi connectivity index (χ0n) is 16.4. The Hall–Kier alpha value is -2.66. The van der Waals surface area contributed by atoms with Crippen LogP contribution in [-0.4, -0.2) is 59.5 Å². The molecule has 1 saturated heterocycles. The minimum absolute atomic E-state index is 0.0172. The summed E-state index contributed by atoms with van der Waals surface area (Å²) in [7, 11) is 0. The van der Waals surface area contributed by atoms with E-state index < -0.39 is 5.97 Å². The average Bonchev–Trinajstić information content (AvgIpc) is 2.83. The van der Waals surface area contributed by atoms with Crippen molar-refractivity contribution in [3.63, 3.8) is 0 Å². The minimum Gasteiger partial charge on any atom is -0.480 e. The standard InChI is InChI=1S/C23H28N2O3/c1-2-12-25-14-13-24(17-22(26)27)16-21(23(25)28)15-18-8-10-20(11-9-18)19-6-4-3-5-7-19/h3-11,21H,2,12-17H2,1H3,(H,26,27). The number of carboxylic acid groups (broad SMARTS) is 1. The van der Waals surface area contributed by atoms with Crippen molar-refractivity contribution in [3.8, 4) is 11.1 Å². The Balaban J connectivity index is 1.75. The predicted molar refractivity (Wildman–Crippen MR) is 110 cm³/mol. The van der Waals surface area contributed by atoms with Crippen LogP contribution >= 0.6 is 0 Å². The van der Waals surface area contributed by atoms with E-state index in [0.717, 1.165) is 24.1 Å². The first-order chi connectivity index (χ1) is 13.6. The summed E-state index contributed by atoms with van der Waals surface area (Å²) in [4.78, 5) is 28.0. The van der Waals surface area contributed by atoms with Crippen molar-refractivity contribution in [2.75, 3.05) is 32.7 Å². The lowest BCUT2D eigenvalue weighted by atomic mass is 9.95. The Morgan fingerprint density at radius 3 is 2.36 bits per heavy atom. The van der Waals surface area contributed by atoms with Crippen LogP contribution in [0.15, 0.2) is 54.6 Å². The monoisotopic (exact) mass is 380 g/mol. The summed E-state index contributed by atoms with van der Waals surface area (Å²) in [6.45, 7) is 4.47. The van der Waals surface area contributed by atoms with Gasteiger partial charge in [0.15, 0.2) is 0 Å². The van der Waals surface area contributed by atoms with Gasteiger partial charge in [0, 0.05) is 26.2 Å². The molecular weight excluding hydrogens is 352 g/mol. The van der Waals surface area contributed by atoms with Gasteiger partial charge in [-0.15, -0.1) is 0 Å². The fourth-order valence-electron chi connectivity index (χ4n) is 3.84. The zero-order valence-corrected chi connectivity index (χ0v) is 16.4. The molecule has 0 saturated carbocycles. The molecule has 0 aromatic heterocycles. The molecule has 1 aliphatic rings. The van der Waals surface area contributed by atoms with Gasteiger partial charge in [-0.3, -0.25) is 14.5 Å². The molecule has 3 rings (SSSR count). The van der Waals surface area contributed by atoms with Crippen molar-refractivity contribution in [1.29, 1.82) is 0 Å². The van der Waals surface area contributed by atoms with E-state index >= 15 is 0 Å². The molecule has 5 nitrogen and oxygen atoms in total. The average molecular weight is 380 g/mol. The van der Waals surface area contributed by atoms with Gasteiger partial charge in [-0.25, -0.2) is 0 Å². The molecule has 1 fully saturated rings. The maximum absolute atomic E-state index is 13.0. The maximum atomic E-state index is 13.0. The molecule has 1 unspecified atom stereocenters. The molecule has 1 heterocycles. The van der Waals surface area contributed by atoms with E-state index in [-0.39, 0.29) is 18.4 Å². The summed E-state index contributed by atoms with van der Waals surface area (Å²) in [6.07, 6.45) is 1.54. The Morgan fingerprint density at radius 2 is 1.71 bits per heavy atom. The number of carbonyl (C=O) groups is 2. The smallest absolute Gasteiger partial charge is 0.317 e. The van der Waals surface area contributed by atoms with Crippen LogP contribution in [0.2, 0.25) is 0 Å². The fraction of sp³-hybridized carbons (Fsp3) is 0.391. The largest absolute Gasteiger partial charge is 0.480 e. The Kier molecular flexibility index (Phi) is 6.82. The Bertz CT molecular complexity index is 789. The van der Waals surface area contributed by atoms with E-state index in [9.17, 15) is 9.59 Å². The third-order valence-electron chi connectivity index (χ3n) is 5.22. The molecule has 28 heavy (non-hydrogen) atoms. The highest BCUT2D eigenvalue weighted by atomic mass is 16.4. The van der Waals surface area contributed by atoms with Gasteiger partial charge in [0.05, 0.1) is 12.5 Å². The number of amides is 1. The van der Waals surface area contributed by atoms with Crippen LogP contribution in [0.3, 0.4) is 0 Å². The van der Waals surface area contributed by atoms with Crippen molar-refractivity contribution in [3.05, 3.63) is 60.2 Å². The van der Waals surface area contributed by atoms with Crippen molar-refractivity contribution in [2.45, 2.75) is 19.8 Å². The third kappa shape index (κ3) is 5.20. The van der Waals surface area contributed by atoms with Gasteiger partial charge in [-0.05, 0) is 29.5 Å². The summed E-state index contributed by atoms with van der Waals surface area (Å²) in [5.41, 5.74) is 3.42. The van der Waals surface area contributed by atoms with Crippen molar-refractivity contribution >= 4 is 11.9 Å². The molecule has 1 N–H and O–H groups in total. The Labute approximate surface area is 166 Å². The first-order valence-corrected chi connectivity index (χ1v) is 9.94. The van der Waals surface area contributed by atoms with Gasteiger partial charge in [-0.1, -0.05) is 61.5 Å². The molecule has 0 spiro atoms. The van der Waals surface area contributed by atoms with Crippen LogP contribution in [0.25, 0.3) is 11.1 Å². The van der Waals surface area contributed by atoms with E-state index in [1.165, 1.54) is 5.56 Å². The lowest BCUT2D eigenvalue weighted by Crippen LogP contribution is -2.38. The molecule has 0 radical (unpaired) electrons. The summed E-state index contributed by atoms with van der Waals surface area (Å²) >= 11 is 0. The molecule has 148 valence electrons. The number of rotatable bonds is 7. The molecule has 1 atom stereocenters. The quantitative estimate of drug-likeness (QED) is 0.802. The second-order valence-electron chi connectivity index (χ2n) is 7.42. The van der Waals surface area contributed by atoms with Crippen molar-refractivity contribution in [1.82, 2.24) is 9.80 Å². The maximum Gasteiger partial charge on any atom is 0.317 e. The van der Waals surface area contributed by atoms with Crippen LogP contribution in [0.1, 0.15) is 18.9 Å². The number of hydrogen-bond donors (Lipinski definition) is 1. The van der Waals surface area contributed by atoms with Gasteiger partial charge in [0.25, 0.3) is 0 Å². The molecule has 0 bridgehead atoms. The minimum atomic E-state index is -0.845. The highest BCUT2D eigenvalue weighted by Crippen LogP contribution is 2.22. The lowest BCUT2D eigenvalue weighted by Gasteiger charge is -2.23. The van der Waals surface area contributed by atoms with Gasteiger partial charge < -0.3 is 10.0 Å². The molecule has 2 aromatic carbocycles. The van der Waals surface area contributed by atoms with E-state index in [1.54, 1.807) is 0 Å². The summed E-state index contributed by atoms with van der Waals surface area (Å²) in [6, 6.07) is 18.5. The second kappa shape index (κ2) is 9.51. The predicted octanol–water partition coefficient (Wildman–Crippen LogP) is 3.15. The fourth-order valence-corrected chi connectivity index (χ4v) is 3.84.